The first-order chi connectivity index (χ1) is 1.91. The van der Waals surface area contributed by atoms with Crippen LogP contribution in [0.1, 0.15) is 0 Å². The SMILES string of the molecule is C[SiH2]C[TeH]. The van der Waals surface area contributed by atoms with E-state index in [-0.39, 0.29) is 0 Å². The molecule has 0 aromatic carbocycles. The first kappa shape index (κ1) is 5.01. The zero-order valence-electron chi connectivity index (χ0n) is 2.86. The topological polar surface area (TPSA) is 0 Å². The molecule has 0 heterocycles. The van der Waals surface area contributed by atoms with Crippen LogP contribution in [0.3, 0.4) is 0 Å². The molecule has 26 valence electrons. The van der Waals surface area contributed by atoms with Crippen LogP contribution >= 0.6 is 0 Å². The molecule has 0 aromatic heterocycles. The fourth-order valence-electron chi connectivity index (χ4n) is 0. The van der Waals surface area contributed by atoms with Crippen molar-refractivity contribution in [3.8, 4) is 0 Å². The first-order valence-corrected chi connectivity index (χ1v) is 5.74. The van der Waals surface area contributed by atoms with Crippen LogP contribution in [0.15, 0.2) is 0 Å². The summed E-state index contributed by atoms with van der Waals surface area (Å²) in [4.78, 5) is 0. The van der Waals surface area contributed by atoms with Gasteiger partial charge in [-0.2, -0.15) is 0 Å². The molecule has 0 bridgehead atoms. The molecule has 0 saturated carbocycles. The van der Waals surface area contributed by atoms with Gasteiger partial charge in [-0.15, -0.1) is 0 Å². The van der Waals surface area contributed by atoms with Crippen molar-refractivity contribution >= 4 is 31.8 Å². The van der Waals surface area contributed by atoms with Crippen LogP contribution in [-0.2, 0) is 0 Å². The van der Waals surface area contributed by atoms with E-state index in [1.807, 2.05) is 22.3 Å². The van der Waals surface area contributed by atoms with E-state index in [1.165, 1.54) is 4.09 Å². The Kier molecular flexibility index (Phi) is 5.01. The Balaban J connectivity index is 1.97. The normalized spacial score (nSPS) is 10.5. The molecule has 0 spiro atoms. The van der Waals surface area contributed by atoms with Crippen molar-refractivity contribution in [3.63, 3.8) is 0 Å². The van der Waals surface area contributed by atoms with Gasteiger partial charge < -0.3 is 0 Å². The summed E-state index contributed by atoms with van der Waals surface area (Å²) < 4.78 is 1.51. The molecule has 0 aliphatic heterocycles. The molecule has 2 heteroatoms. The maximum absolute atomic E-state index is 2.33. The zero-order chi connectivity index (χ0) is 3.41. The molecule has 0 N–H and O–H groups in total. The Morgan fingerprint density at radius 2 is 2.25 bits per heavy atom. The maximum atomic E-state index is 2.33. The van der Waals surface area contributed by atoms with Crippen LogP contribution < -0.4 is 0 Å². The van der Waals surface area contributed by atoms with Gasteiger partial charge in [-0.1, -0.05) is 0 Å². The Morgan fingerprint density at radius 1 is 2.00 bits per heavy atom. The second kappa shape index (κ2) is 4.01. The second-order valence-electron chi connectivity index (χ2n) is 0.724. The van der Waals surface area contributed by atoms with Gasteiger partial charge in [0.2, 0.25) is 0 Å². The van der Waals surface area contributed by atoms with Crippen molar-refractivity contribution in [2.45, 2.75) is 10.6 Å². The molecule has 0 atom stereocenters. The van der Waals surface area contributed by atoms with Crippen molar-refractivity contribution in [2.24, 2.45) is 0 Å². The molecular formula is C2H8SiTe. The van der Waals surface area contributed by atoms with Crippen molar-refractivity contribution in [2.75, 3.05) is 0 Å². The molecule has 0 saturated heterocycles. The minimum absolute atomic E-state index is 0.447. The molecule has 0 rings (SSSR count). The molecule has 0 nitrogen and oxygen atoms in total. The van der Waals surface area contributed by atoms with Crippen LogP contribution in [-0.4, -0.2) is 31.8 Å². The van der Waals surface area contributed by atoms with E-state index in [1.54, 1.807) is 0 Å². The van der Waals surface area contributed by atoms with Crippen LogP contribution in [0.25, 0.3) is 0 Å². The van der Waals surface area contributed by atoms with Gasteiger partial charge in [0, 0.05) is 0 Å². The van der Waals surface area contributed by atoms with Crippen molar-refractivity contribution in [1.29, 1.82) is 0 Å². The Labute approximate surface area is 42.7 Å². The fourth-order valence-corrected chi connectivity index (χ4v) is 0. The number of hydrogen-bond acceptors (Lipinski definition) is 0. The van der Waals surface area contributed by atoms with Gasteiger partial charge in [-0.3, -0.25) is 0 Å². The van der Waals surface area contributed by atoms with Gasteiger partial charge in [-0.25, -0.2) is 0 Å². The van der Waals surface area contributed by atoms with Crippen LogP contribution in [0.4, 0.5) is 0 Å². The van der Waals surface area contributed by atoms with E-state index in [0.29, 0.717) is 9.52 Å². The summed E-state index contributed by atoms with van der Waals surface area (Å²) >= 11 is 1.96. The van der Waals surface area contributed by atoms with E-state index < -0.39 is 0 Å². The summed E-state index contributed by atoms with van der Waals surface area (Å²) in [6.45, 7) is 2.33. The summed E-state index contributed by atoms with van der Waals surface area (Å²) in [5.41, 5.74) is 0. The molecule has 0 fully saturated rings. The average molecular weight is 188 g/mol. The third-order valence-electron chi connectivity index (χ3n) is 0.224. The average Bonchev–Trinajstić information content (AvgIpc) is 1.37. The Morgan fingerprint density at radius 3 is 2.25 bits per heavy atom. The summed E-state index contributed by atoms with van der Waals surface area (Å²) in [5.74, 6) is 0. The van der Waals surface area contributed by atoms with Crippen molar-refractivity contribution in [3.05, 3.63) is 0 Å². The van der Waals surface area contributed by atoms with E-state index in [2.05, 4.69) is 6.55 Å². The molecule has 0 amide bonds. The van der Waals surface area contributed by atoms with E-state index >= 15 is 0 Å². The van der Waals surface area contributed by atoms with Crippen LogP contribution in [0.2, 0.25) is 10.6 Å². The molecule has 0 radical (unpaired) electrons. The van der Waals surface area contributed by atoms with E-state index in [4.69, 9.17) is 0 Å². The molecule has 4 heavy (non-hydrogen) atoms. The van der Waals surface area contributed by atoms with Crippen LogP contribution in [0.5, 0.6) is 0 Å². The van der Waals surface area contributed by atoms with Gasteiger partial charge in [0.05, 0.1) is 0 Å². The summed E-state index contributed by atoms with van der Waals surface area (Å²) in [6, 6.07) is 0. The van der Waals surface area contributed by atoms with Gasteiger partial charge in [-0.05, 0) is 0 Å². The van der Waals surface area contributed by atoms with Gasteiger partial charge in [0.25, 0.3) is 0 Å². The summed E-state index contributed by atoms with van der Waals surface area (Å²) in [5, 5.41) is 0. The quantitative estimate of drug-likeness (QED) is 0.485. The predicted octanol–water partition coefficient (Wildman–Crippen LogP) is -0.520. The Bertz CT molecular complexity index is 8.00. The molecule has 0 unspecified atom stereocenters. The van der Waals surface area contributed by atoms with Gasteiger partial charge in [0.15, 0.2) is 0 Å². The standard InChI is InChI=1S/C2H8SiTe/c1-3-2-4/h4H,2-3H2,1H3. The van der Waals surface area contributed by atoms with Gasteiger partial charge >= 0.3 is 42.5 Å². The fraction of sp³-hybridized carbons (Fsp3) is 1.00. The second-order valence-corrected chi connectivity index (χ2v) is 6.00. The molecule has 0 aliphatic rings. The first-order valence-electron chi connectivity index (χ1n) is 1.52. The minimum atomic E-state index is 0.447. The summed E-state index contributed by atoms with van der Waals surface area (Å²) in [6.07, 6.45) is 0. The summed E-state index contributed by atoms with van der Waals surface area (Å²) in [7, 11) is 0.447. The molecule has 0 aliphatic carbocycles. The molecule has 0 aromatic rings. The third-order valence-corrected chi connectivity index (χ3v) is 4.50. The van der Waals surface area contributed by atoms with E-state index in [9.17, 15) is 0 Å². The van der Waals surface area contributed by atoms with Crippen molar-refractivity contribution < 1.29 is 0 Å². The van der Waals surface area contributed by atoms with Crippen LogP contribution in [0, 0.1) is 0 Å². The monoisotopic (exact) mass is 190 g/mol. The predicted molar refractivity (Wildman–Crippen MR) is 26.4 cm³/mol. The number of hydrogen-bond donors (Lipinski definition) is 0. The zero-order valence-corrected chi connectivity index (χ0v) is 6.83. The van der Waals surface area contributed by atoms with Gasteiger partial charge in [0.1, 0.15) is 0 Å². The van der Waals surface area contributed by atoms with Crippen molar-refractivity contribution in [1.82, 2.24) is 0 Å². The van der Waals surface area contributed by atoms with E-state index in [0.717, 1.165) is 0 Å². The third kappa shape index (κ3) is 3.01. The number of rotatable bonds is 1. The molecular weight excluding hydrogens is 180 g/mol. The Hall–Kier alpha value is 1.01.